The molecule has 0 spiro atoms. The van der Waals surface area contributed by atoms with Gasteiger partial charge in [0.25, 0.3) is 5.91 Å². The van der Waals surface area contributed by atoms with Crippen LogP contribution in [0.5, 0.6) is 0 Å². The largest absolute Gasteiger partial charge is 0.516 e. The van der Waals surface area contributed by atoms with Crippen LogP contribution < -0.4 is 9.62 Å². The first-order valence-corrected chi connectivity index (χ1v) is 9.91. The molecule has 0 saturated carbocycles. The van der Waals surface area contributed by atoms with E-state index in [-0.39, 0.29) is 30.2 Å². The second kappa shape index (κ2) is 6.24. The highest BCUT2D eigenvalue weighted by Gasteiger charge is 2.47. The zero-order chi connectivity index (χ0) is 18.2. The molecule has 24 heavy (non-hydrogen) atoms. The number of carbonyl (C=O) groups is 1. The lowest BCUT2D eigenvalue weighted by molar-refractivity contribution is -0.0446. The summed E-state index contributed by atoms with van der Waals surface area (Å²) in [6.45, 7) is 0.520. The maximum atomic E-state index is 12.2. The van der Waals surface area contributed by atoms with Crippen LogP contribution in [0.3, 0.4) is 0 Å². The molecule has 1 aliphatic rings. The molecular weight excluding hydrogens is 373 g/mol. The number of hydrogen-bond donors (Lipinski definition) is 1. The summed E-state index contributed by atoms with van der Waals surface area (Å²) in [4.78, 5) is 13.3. The Balaban J connectivity index is 2.08. The predicted octanol–water partition coefficient (Wildman–Crippen LogP) is 0.501. The van der Waals surface area contributed by atoms with Crippen LogP contribution in [0.4, 0.5) is 18.9 Å². The van der Waals surface area contributed by atoms with E-state index >= 15 is 0 Å². The van der Waals surface area contributed by atoms with Crippen LogP contribution in [0.2, 0.25) is 0 Å². The Hall–Kier alpha value is -1.82. The third kappa shape index (κ3) is 4.17. The Bertz CT molecular complexity index is 818. The number of benzene rings is 1. The Morgan fingerprint density at radius 1 is 1.08 bits per heavy atom. The van der Waals surface area contributed by atoms with Gasteiger partial charge in [-0.15, -0.1) is 0 Å². The molecule has 12 heteroatoms. The average Bonchev–Trinajstić information content (AvgIpc) is 2.46. The second-order valence-corrected chi connectivity index (χ2v) is 9.04. The van der Waals surface area contributed by atoms with Gasteiger partial charge in [0.15, 0.2) is 9.84 Å². The van der Waals surface area contributed by atoms with Crippen molar-refractivity contribution in [3.8, 4) is 0 Å². The van der Waals surface area contributed by atoms with Gasteiger partial charge in [-0.25, -0.2) is 13.1 Å². The number of amides is 1. The molecule has 1 fully saturated rings. The molecule has 1 aromatic carbocycles. The van der Waals surface area contributed by atoms with Crippen molar-refractivity contribution in [2.24, 2.45) is 0 Å². The molecule has 1 aromatic rings. The van der Waals surface area contributed by atoms with Crippen LogP contribution in [0.15, 0.2) is 24.3 Å². The van der Waals surface area contributed by atoms with Crippen LogP contribution in [-0.4, -0.2) is 52.8 Å². The predicted molar refractivity (Wildman–Crippen MR) is 79.7 cm³/mol. The standard InChI is InChI=1S/C12H13F3N2O5S2/c13-12(14,15)24(21,22)16-11(18)9-1-3-10(4-2-9)17-5-7-23(19,20)8-6-17/h1-4H,5-8H2,(H,16,18). The summed E-state index contributed by atoms with van der Waals surface area (Å²) >= 11 is 0. The third-order valence-electron chi connectivity index (χ3n) is 3.37. The molecule has 0 aliphatic carbocycles. The number of nitrogens with one attached hydrogen (secondary N) is 1. The van der Waals surface area contributed by atoms with E-state index in [2.05, 4.69) is 0 Å². The van der Waals surface area contributed by atoms with Crippen molar-refractivity contribution in [1.82, 2.24) is 4.72 Å². The van der Waals surface area contributed by atoms with Gasteiger partial charge in [-0.05, 0) is 24.3 Å². The number of nitrogens with zero attached hydrogens (tertiary/aromatic N) is 1. The van der Waals surface area contributed by atoms with Gasteiger partial charge in [-0.3, -0.25) is 4.79 Å². The first-order valence-electron chi connectivity index (χ1n) is 6.60. The van der Waals surface area contributed by atoms with Gasteiger partial charge in [0.05, 0.1) is 11.5 Å². The summed E-state index contributed by atoms with van der Waals surface area (Å²) in [6, 6.07) is 5.15. The minimum absolute atomic E-state index is 0.0148. The first kappa shape index (κ1) is 18.5. The number of carbonyl (C=O) groups excluding carboxylic acids is 1. The molecule has 1 amide bonds. The number of anilines is 1. The number of sulfone groups is 1. The van der Waals surface area contributed by atoms with Crippen LogP contribution in [-0.2, 0) is 19.9 Å². The van der Waals surface area contributed by atoms with Crippen molar-refractivity contribution >= 4 is 31.5 Å². The molecule has 7 nitrogen and oxygen atoms in total. The summed E-state index contributed by atoms with van der Waals surface area (Å²) in [6.07, 6.45) is 0. The molecule has 0 radical (unpaired) electrons. The molecule has 1 aliphatic heterocycles. The Kier molecular flexibility index (Phi) is 4.81. The lowest BCUT2D eigenvalue weighted by Crippen LogP contribution is -2.40. The van der Waals surface area contributed by atoms with Gasteiger partial charge >= 0.3 is 15.5 Å². The highest BCUT2D eigenvalue weighted by atomic mass is 32.2. The topological polar surface area (TPSA) is 101 Å². The number of halogens is 3. The quantitative estimate of drug-likeness (QED) is 0.812. The van der Waals surface area contributed by atoms with Crippen LogP contribution >= 0.6 is 0 Å². The monoisotopic (exact) mass is 386 g/mol. The molecule has 1 heterocycles. The van der Waals surface area contributed by atoms with E-state index < -0.39 is 31.3 Å². The average molecular weight is 386 g/mol. The number of rotatable bonds is 3. The molecule has 0 aromatic heterocycles. The van der Waals surface area contributed by atoms with Crippen molar-refractivity contribution in [1.29, 1.82) is 0 Å². The van der Waals surface area contributed by atoms with Gasteiger partial charge in [-0.1, -0.05) is 0 Å². The van der Waals surface area contributed by atoms with Gasteiger partial charge < -0.3 is 4.90 Å². The van der Waals surface area contributed by atoms with E-state index in [1.165, 1.54) is 24.3 Å². The molecule has 0 unspecified atom stereocenters. The number of alkyl halides is 3. The lowest BCUT2D eigenvalue weighted by Gasteiger charge is -2.28. The van der Waals surface area contributed by atoms with Crippen LogP contribution in [0.25, 0.3) is 0 Å². The van der Waals surface area contributed by atoms with Crippen LogP contribution in [0, 0.1) is 0 Å². The normalized spacial score (nSPS) is 18.2. The van der Waals surface area contributed by atoms with Crippen LogP contribution in [0.1, 0.15) is 10.4 Å². The molecule has 2 rings (SSSR count). The number of sulfonamides is 1. The zero-order valence-electron chi connectivity index (χ0n) is 12.1. The SMILES string of the molecule is O=C(NS(=O)(=O)C(F)(F)F)c1ccc(N2CCS(=O)(=O)CC2)cc1. The summed E-state index contributed by atoms with van der Waals surface area (Å²) in [5, 5.41) is 0. The van der Waals surface area contributed by atoms with Gasteiger partial charge in [0.1, 0.15) is 0 Å². The van der Waals surface area contributed by atoms with E-state index in [9.17, 15) is 34.8 Å². The summed E-state index contributed by atoms with van der Waals surface area (Å²) < 4.78 is 82.1. The molecule has 1 saturated heterocycles. The minimum Gasteiger partial charge on any atom is -0.369 e. The summed E-state index contributed by atoms with van der Waals surface area (Å²) in [7, 11) is -8.82. The van der Waals surface area contributed by atoms with Gasteiger partial charge in [-0.2, -0.15) is 21.6 Å². The van der Waals surface area contributed by atoms with Crippen molar-refractivity contribution < 1.29 is 34.8 Å². The smallest absolute Gasteiger partial charge is 0.369 e. The molecular formula is C12H13F3N2O5S2. The lowest BCUT2D eigenvalue weighted by atomic mass is 10.2. The van der Waals surface area contributed by atoms with E-state index in [1.807, 2.05) is 0 Å². The van der Waals surface area contributed by atoms with E-state index in [0.717, 1.165) is 4.72 Å². The second-order valence-electron chi connectivity index (χ2n) is 5.07. The van der Waals surface area contributed by atoms with Crippen molar-refractivity contribution in [3.63, 3.8) is 0 Å². The summed E-state index contributed by atoms with van der Waals surface area (Å²) in [5.41, 5.74) is -5.27. The van der Waals surface area contributed by atoms with Gasteiger partial charge in [0.2, 0.25) is 0 Å². The molecule has 134 valence electrons. The Labute approximate surface area is 136 Å². The Morgan fingerprint density at radius 2 is 1.58 bits per heavy atom. The van der Waals surface area contributed by atoms with Gasteiger partial charge in [0, 0.05) is 24.3 Å². The fourth-order valence-corrected chi connectivity index (χ4v) is 3.71. The molecule has 1 N–H and O–H groups in total. The minimum atomic E-state index is -5.77. The fraction of sp³-hybridized carbons (Fsp3) is 0.417. The van der Waals surface area contributed by atoms with E-state index in [4.69, 9.17) is 0 Å². The fourth-order valence-electron chi connectivity index (χ4n) is 2.03. The highest BCUT2D eigenvalue weighted by Crippen LogP contribution is 2.22. The maximum absolute atomic E-state index is 12.2. The molecule has 0 bridgehead atoms. The number of hydrogen-bond acceptors (Lipinski definition) is 6. The summed E-state index contributed by atoms with van der Waals surface area (Å²) in [5.74, 6) is -1.43. The first-order chi connectivity index (χ1) is 10.9. The van der Waals surface area contributed by atoms with Crippen molar-refractivity contribution in [2.45, 2.75) is 5.51 Å². The van der Waals surface area contributed by atoms with Crippen molar-refractivity contribution in [2.75, 3.05) is 29.5 Å². The van der Waals surface area contributed by atoms with Crippen molar-refractivity contribution in [3.05, 3.63) is 29.8 Å². The van der Waals surface area contributed by atoms with E-state index in [1.54, 1.807) is 4.90 Å². The molecule has 0 atom stereocenters. The highest BCUT2D eigenvalue weighted by molar-refractivity contribution is 7.91. The Morgan fingerprint density at radius 3 is 2.04 bits per heavy atom. The van der Waals surface area contributed by atoms with E-state index in [0.29, 0.717) is 5.69 Å². The zero-order valence-corrected chi connectivity index (χ0v) is 13.7. The third-order valence-corrected chi connectivity index (χ3v) is 6.04. The maximum Gasteiger partial charge on any atom is 0.516 e.